The first-order chi connectivity index (χ1) is 8.58. The van der Waals surface area contributed by atoms with Gasteiger partial charge in [-0.2, -0.15) is 0 Å². The van der Waals surface area contributed by atoms with E-state index in [9.17, 15) is 9.59 Å². The summed E-state index contributed by atoms with van der Waals surface area (Å²) in [5, 5.41) is 3.15. The quantitative estimate of drug-likeness (QED) is 0.890. The van der Waals surface area contributed by atoms with Gasteiger partial charge in [0, 0.05) is 6.07 Å². The number of carbonyl (C=O) groups excluding carboxylic acids is 1. The van der Waals surface area contributed by atoms with Gasteiger partial charge in [0.05, 0.1) is 15.2 Å². The predicted octanol–water partition coefficient (Wildman–Crippen LogP) is 3.04. The summed E-state index contributed by atoms with van der Waals surface area (Å²) in [4.78, 5) is 25.4. The molecule has 0 radical (unpaired) electrons. The Morgan fingerprint density at radius 2 is 1.94 bits per heavy atom. The molecule has 0 unspecified atom stereocenters. The molecule has 0 saturated heterocycles. The van der Waals surface area contributed by atoms with E-state index in [-0.39, 0.29) is 11.3 Å². The fourth-order valence-corrected chi connectivity index (χ4v) is 1.91. The van der Waals surface area contributed by atoms with Crippen molar-refractivity contribution in [1.82, 2.24) is 4.98 Å². The zero-order valence-corrected chi connectivity index (χ0v) is 11.4. The van der Waals surface area contributed by atoms with Crippen molar-refractivity contribution < 1.29 is 4.79 Å². The maximum atomic E-state index is 11.9. The third-order valence-corrected chi connectivity index (χ3v) is 3.61. The molecule has 0 fully saturated rings. The molecule has 1 aromatic carbocycles. The summed E-state index contributed by atoms with van der Waals surface area (Å²) >= 11 is 9.19. The second-order valence-corrected chi connectivity index (χ2v) is 4.68. The molecule has 2 aromatic rings. The fourth-order valence-electron chi connectivity index (χ4n) is 1.37. The van der Waals surface area contributed by atoms with Gasteiger partial charge in [-0.25, -0.2) is 0 Å². The molecule has 0 aliphatic rings. The number of anilines is 1. The minimum absolute atomic E-state index is 0.189. The Morgan fingerprint density at radius 3 is 2.67 bits per heavy atom. The molecular weight excluding hydrogens is 320 g/mol. The van der Waals surface area contributed by atoms with Gasteiger partial charge in [-0.05, 0) is 34.1 Å². The van der Waals surface area contributed by atoms with Crippen molar-refractivity contribution in [2.24, 2.45) is 0 Å². The van der Waals surface area contributed by atoms with E-state index in [2.05, 4.69) is 26.2 Å². The van der Waals surface area contributed by atoms with Crippen LogP contribution in [0.4, 0.5) is 5.69 Å². The lowest BCUT2D eigenvalue weighted by molar-refractivity contribution is 0.102. The third-order valence-electron chi connectivity index (χ3n) is 2.21. The van der Waals surface area contributed by atoms with Crippen molar-refractivity contribution in [3.8, 4) is 0 Å². The van der Waals surface area contributed by atoms with Gasteiger partial charge in [0.15, 0.2) is 0 Å². The predicted molar refractivity (Wildman–Crippen MR) is 74.2 cm³/mol. The van der Waals surface area contributed by atoms with Crippen molar-refractivity contribution in [3.63, 3.8) is 0 Å². The van der Waals surface area contributed by atoms with Gasteiger partial charge >= 0.3 is 0 Å². The Morgan fingerprint density at radius 1 is 1.22 bits per heavy atom. The third kappa shape index (κ3) is 2.80. The number of nitrogens with one attached hydrogen (secondary N) is 2. The maximum absolute atomic E-state index is 11.9. The number of aromatic nitrogens is 1. The SMILES string of the molecule is O=C(Nc1cccc(Cl)c1Br)c1cccc(=O)[nH]1. The molecular formula is C12H8BrClN2O2. The number of pyridine rings is 1. The van der Waals surface area contributed by atoms with Crippen LogP contribution in [0, 0.1) is 0 Å². The number of hydrogen-bond donors (Lipinski definition) is 2. The number of hydrogen-bond acceptors (Lipinski definition) is 2. The lowest BCUT2D eigenvalue weighted by Gasteiger charge is -2.08. The van der Waals surface area contributed by atoms with Crippen LogP contribution < -0.4 is 10.9 Å². The topological polar surface area (TPSA) is 62.0 Å². The van der Waals surface area contributed by atoms with Gasteiger partial charge in [0.1, 0.15) is 5.69 Å². The van der Waals surface area contributed by atoms with E-state index in [1.807, 2.05) is 0 Å². The van der Waals surface area contributed by atoms with Crippen LogP contribution in [0.2, 0.25) is 5.02 Å². The first-order valence-corrected chi connectivity index (χ1v) is 6.20. The van der Waals surface area contributed by atoms with Crippen LogP contribution >= 0.6 is 27.5 Å². The van der Waals surface area contributed by atoms with Crippen molar-refractivity contribution >= 4 is 39.1 Å². The van der Waals surface area contributed by atoms with E-state index in [1.54, 1.807) is 18.2 Å². The van der Waals surface area contributed by atoms with Gasteiger partial charge in [-0.3, -0.25) is 9.59 Å². The summed E-state index contributed by atoms with van der Waals surface area (Å²) in [5.74, 6) is -0.407. The molecule has 0 saturated carbocycles. The second-order valence-electron chi connectivity index (χ2n) is 3.48. The molecule has 0 aliphatic carbocycles. The molecule has 0 aliphatic heterocycles. The summed E-state index contributed by atoms with van der Waals surface area (Å²) in [6.07, 6.45) is 0. The minimum atomic E-state index is -0.407. The van der Waals surface area contributed by atoms with Crippen LogP contribution in [0.3, 0.4) is 0 Å². The standard InChI is InChI=1S/C12H8BrClN2O2/c13-11-7(14)3-1-4-8(11)16-12(18)9-5-2-6-10(17)15-9/h1-6H,(H,15,17)(H,16,18). The number of carbonyl (C=O) groups is 1. The zero-order chi connectivity index (χ0) is 13.1. The summed E-state index contributed by atoms with van der Waals surface area (Å²) in [6, 6.07) is 9.50. The van der Waals surface area contributed by atoms with E-state index >= 15 is 0 Å². The molecule has 0 spiro atoms. The summed E-state index contributed by atoms with van der Waals surface area (Å²) in [6.45, 7) is 0. The van der Waals surface area contributed by atoms with E-state index < -0.39 is 5.91 Å². The number of amides is 1. The summed E-state index contributed by atoms with van der Waals surface area (Å²) in [7, 11) is 0. The van der Waals surface area contributed by atoms with Crippen molar-refractivity contribution in [2.45, 2.75) is 0 Å². The number of aromatic amines is 1. The van der Waals surface area contributed by atoms with E-state index in [1.165, 1.54) is 18.2 Å². The van der Waals surface area contributed by atoms with Gasteiger partial charge in [0.25, 0.3) is 5.91 Å². The first-order valence-electron chi connectivity index (χ1n) is 5.02. The molecule has 4 nitrogen and oxygen atoms in total. The van der Waals surface area contributed by atoms with Crippen molar-refractivity contribution in [3.05, 3.63) is 61.9 Å². The van der Waals surface area contributed by atoms with Crippen molar-refractivity contribution in [1.29, 1.82) is 0 Å². The van der Waals surface area contributed by atoms with E-state index in [4.69, 9.17) is 11.6 Å². The van der Waals surface area contributed by atoms with Crippen LogP contribution in [0.25, 0.3) is 0 Å². The molecule has 2 rings (SSSR count). The maximum Gasteiger partial charge on any atom is 0.272 e. The molecule has 1 aromatic heterocycles. The van der Waals surface area contributed by atoms with Crippen LogP contribution in [0.5, 0.6) is 0 Å². The fraction of sp³-hybridized carbons (Fsp3) is 0. The number of halogens is 2. The number of rotatable bonds is 2. The van der Waals surface area contributed by atoms with Crippen LogP contribution in [0.1, 0.15) is 10.5 Å². The lowest BCUT2D eigenvalue weighted by atomic mass is 10.3. The molecule has 0 bridgehead atoms. The molecule has 1 amide bonds. The van der Waals surface area contributed by atoms with E-state index in [0.717, 1.165) is 0 Å². The Bertz CT molecular complexity index is 655. The van der Waals surface area contributed by atoms with Crippen LogP contribution in [0.15, 0.2) is 45.7 Å². The molecule has 0 atom stereocenters. The average Bonchev–Trinajstić information content (AvgIpc) is 2.35. The Hall–Kier alpha value is -1.59. The molecule has 18 heavy (non-hydrogen) atoms. The highest BCUT2D eigenvalue weighted by molar-refractivity contribution is 9.10. The highest BCUT2D eigenvalue weighted by Crippen LogP contribution is 2.30. The molecule has 92 valence electrons. The number of H-pyrrole nitrogens is 1. The summed E-state index contributed by atoms with van der Waals surface area (Å²) < 4.78 is 0.596. The monoisotopic (exact) mass is 326 g/mol. The Labute approximate surface area is 116 Å². The van der Waals surface area contributed by atoms with Crippen LogP contribution in [-0.2, 0) is 0 Å². The second kappa shape index (κ2) is 5.37. The first kappa shape index (κ1) is 12.9. The van der Waals surface area contributed by atoms with Crippen molar-refractivity contribution in [2.75, 3.05) is 5.32 Å². The lowest BCUT2D eigenvalue weighted by Crippen LogP contribution is -2.18. The highest BCUT2D eigenvalue weighted by Gasteiger charge is 2.10. The highest BCUT2D eigenvalue weighted by atomic mass is 79.9. The Balaban J connectivity index is 2.27. The van der Waals surface area contributed by atoms with Gasteiger partial charge in [0.2, 0.25) is 5.56 Å². The average molecular weight is 328 g/mol. The Kier molecular flexibility index (Phi) is 3.84. The normalized spacial score (nSPS) is 10.1. The van der Waals surface area contributed by atoms with Gasteiger partial charge in [-0.1, -0.05) is 23.7 Å². The van der Waals surface area contributed by atoms with E-state index in [0.29, 0.717) is 15.2 Å². The largest absolute Gasteiger partial charge is 0.320 e. The van der Waals surface area contributed by atoms with Gasteiger partial charge < -0.3 is 10.3 Å². The molecule has 2 N–H and O–H groups in total. The zero-order valence-electron chi connectivity index (χ0n) is 9.04. The smallest absolute Gasteiger partial charge is 0.272 e. The van der Waals surface area contributed by atoms with Crippen LogP contribution in [-0.4, -0.2) is 10.9 Å². The van der Waals surface area contributed by atoms with Gasteiger partial charge in [-0.15, -0.1) is 0 Å². The summed E-state index contributed by atoms with van der Waals surface area (Å²) in [5.41, 5.74) is 0.402. The molecule has 6 heteroatoms. The molecule has 1 heterocycles. The number of benzene rings is 1. The minimum Gasteiger partial charge on any atom is -0.320 e.